The molecule has 0 aromatic heterocycles. The van der Waals surface area contributed by atoms with Crippen LogP contribution < -0.4 is 10.6 Å². The Hall–Kier alpha value is -3.45. The number of nitrogens with one attached hydrogen (secondary N) is 2. The Kier molecular flexibility index (Phi) is 7.13. The Morgan fingerprint density at radius 2 is 2.00 bits per heavy atom. The van der Waals surface area contributed by atoms with Crippen molar-refractivity contribution in [3.63, 3.8) is 0 Å². The maximum absolute atomic E-state index is 13.0. The van der Waals surface area contributed by atoms with Gasteiger partial charge in [0.25, 0.3) is 5.69 Å². The predicted molar refractivity (Wildman–Crippen MR) is 107 cm³/mol. The van der Waals surface area contributed by atoms with Gasteiger partial charge in [-0.15, -0.1) is 0 Å². The lowest BCUT2D eigenvalue weighted by atomic mass is 9.96. The molecular weight excluding hydrogens is 392 g/mol. The first kappa shape index (κ1) is 22.8. The molecule has 1 saturated heterocycles. The smallest absolute Gasteiger partial charge is 0.408 e. The van der Waals surface area contributed by atoms with Crippen LogP contribution in [-0.2, 0) is 9.53 Å². The van der Waals surface area contributed by atoms with Crippen LogP contribution in [0.3, 0.4) is 0 Å². The number of ketones is 1. The fourth-order valence-corrected chi connectivity index (χ4v) is 2.99. The number of nitro benzene ring substituents is 1. The van der Waals surface area contributed by atoms with Gasteiger partial charge in [-0.1, -0.05) is 0 Å². The third-order valence-electron chi connectivity index (χ3n) is 4.36. The molecule has 1 heterocycles. The van der Waals surface area contributed by atoms with Crippen molar-refractivity contribution in [3.05, 3.63) is 45.7 Å². The molecule has 1 fully saturated rings. The zero-order valence-electron chi connectivity index (χ0n) is 17.0. The number of nitriles is 1. The van der Waals surface area contributed by atoms with E-state index in [2.05, 4.69) is 10.6 Å². The van der Waals surface area contributed by atoms with Crippen LogP contribution in [-0.4, -0.2) is 46.1 Å². The van der Waals surface area contributed by atoms with Crippen LogP contribution in [0.2, 0.25) is 0 Å². The summed E-state index contributed by atoms with van der Waals surface area (Å²) in [5.74, 6) is -1.17. The van der Waals surface area contributed by atoms with Crippen molar-refractivity contribution in [1.29, 1.82) is 5.26 Å². The zero-order valence-corrected chi connectivity index (χ0v) is 17.0. The second kappa shape index (κ2) is 9.37. The van der Waals surface area contributed by atoms with Crippen molar-refractivity contribution < 1.29 is 24.4 Å². The van der Waals surface area contributed by atoms with Crippen LogP contribution in [0, 0.1) is 21.4 Å². The summed E-state index contributed by atoms with van der Waals surface area (Å²) in [5.41, 5.74) is -1.13. The SMILES string of the molecule is CC(C)(C)OC(=O)N[C@@H](C(=O)C1CCCN1)/C(O)=C(\C#N)c1ccc([N+](=O)[O-])cc1. The van der Waals surface area contributed by atoms with Crippen LogP contribution in [0.1, 0.15) is 39.2 Å². The van der Waals surface area contributed by atoms with Gasteiger partial charge in [0.1, 0.15) is 17.4 Å². The van der Waals surface area contributed by atoms with Gasteiger partial charge in [0.05, 0.1) is 16.5 Å². The van der Waals surface area contributed by atoms with E-state index in [0.29, 0.717) is 13.0 Å². The fourth-order valence-electron chi connectivity index (χ4n) is 2.99. The molecule has 0 saturated carbocycles. The lowest BCUT2D eigenvalue weighted by Crippen LogP contribution is -2.50. The van der Waals surface area contributed by atoms with E-state index >= 15 is 0 Å². The molecule has 10 nitrogen and oxygen atoms in total. The molecule has 1 aliphatic heterocycles. The summed E-state index contributed by atoms with van der Waals surface area (Å²) in [6.45, 7) is 5.56. The van der Waals surface area contributed by atoms with Gasteiger partial charge in [-0.05, 0) is 57.9 Å². The highest BCUT2D eigenvalue weighted by molar-refractivity contribution is 5.97. The molecule has 1 aromatic carbocycles. The van der Waals surface area contributed by atoms with Gasteiger partial charge in [0.15, 0.2) is 11.8 Å². The zero-order chi connectivity index (χ0) is 22.5. The number of benzene rings is 1. The quantitative estimate of drug-likeness (QED) is 0.277. The molecule has 1 amide bonds. The summed E-state index contributed by atoms with van der Waals surface area (Å²) < 4.78 is 5.18. The van der Waals surface area contributed by atoms with Gasteiger partial charge in [0, 0.05) is 12.1 Å². The van der Waals surface area contributed by atoms with Crippen molar-refractivity contribution in [3.8, 4) is 6.07 Å². The summed E-state index contributed by atoms with van der Waals surface area (Å²) in [7, 11) is 0. The first-order valence-corrected chi connectivity index (χ1v) is 9.38. The van der Waals surface area contributed by atoms with E-state index in [1.165, 1.54) is 24.3 Å². The van der Waals surface area contributed by atoms with Gasteiger partial charge >= 0.3 is 6.09 Å². The molecule has 0 bridgehead atoms. The largest absolute Gasteiger partial charge is 0.508 e. The minimum atomic E-state index is -1.51. The molecule has 2 rings (SSSR count). The van der Waals surface area contributed by atoms with E-state index in [-0.39, 0.29) is 16.8 Å². The highest BCUT2D eigenvalue weighted by atomic mass is 16.6. The summed E-state index contributed by atoms with van der Waals surface area (Å²) in [6, 6.07) is 4.63. The number of Topliss-reactive ketones (excluding diaryl/α,β-unsaturated/α-hetero) is 1. The normalized spacial score (nSPS) is 18.0. The fraction of sp³-hybridized carbons (Fsp3) is 0.450. The van der Waals surface area contributed by atoms with Crippen molar-refractivity contribution in [1.82, 2.24) is 10.6 Å². The number of non-ortho nitro benzene ring substituents is 1. The topological polar surface area (TPSA) is 155 Å². The highest BCUT2D eigenvalue weighted by Crippen LogP contribution is 2.24. The number of carbonyl (C=O) groups excluding carboxylic acids is 2. The molecule has 1 aromatic rings. The summed E-state index contributed by atoms with van der Waals surface area (Å²) in [6.07, 6.45) is 0.359. The lowest BCUT2D eigenvalue weighted by molar-refractivity contribution is -0.384. The molecule has 0 aliphatic carbocycles. The molecule has 30 heavy (non-hydrogen) atoms. The van der Waals surface area contributed by atoms with E-state index in [1.54, 1.807) is 20.8 Å². The van der Waals surface area contributed by atoms with Crippen molar-refractivity contribution in [2.45, 2.75) is 51.3 Å². The molecule has 2 atom stereocenters. The van der Waals surface area contributed by atoms with Crippen LogP contribution in [0.25, 0.3) is 5.57 Å². The monoisotopic (exact) mass is 416 g/mol. The Bertz CT molecular complexity index is 889. The van der Waals surface area contributed by atoms with Crippen molar-refractivity contribution in [2.75, 3.05) is 6.54 Å². The molecule has 160 valence electrons. The Balaban J connectivity index is 2.42. The van der Waals surface area contributed by atoms with E-state index in [9.17, 15) is 30.1 Å². The standard InChI is InChI=1S/C20H24N4O6/c1-20(2,3)30-19(27)23-16(18(26)15-5-4-10-22-15)17(25)14(11-21)12-6-8-13(9-7-12)24(28)29/h6-9,15-16,22,25H,4-5,10H2,1-3H3,(H,23,27)/b17-14-/t15?,16-/m1/s1. The van der Waals surface area contributed by atoms with Gasteiger partial charge in [-0.25, -0.2) is 4.79 Å². The van der Waals surface area contributed by atoms with Gasteiger partial charge in [-0.3, -0.25) is 14.9 Å². The molecule has 10 heteroatoms. The summed E-state index contributed by atoms with van der Waals surface area (Å²) in [5, 5.41) is 36.5. The van der Waals surface area contributed by atoms with Gasteiger partial charge in [0.2, 0.25) is 0 Å². The second-order valence-electron chi connectivity index (χ2n) is 7.81. The Morgan fingerprint density at radius 1 is 1.37 bits per heavy atom. The number of alkyl carbamates (subject to hydrolysis) is 1. The Labute approximate surface area is 173 Å². The van der Waals surface area contributed by atoms with Crippen LogP contribution >= 0.6 is 0 Å². The van der Waals surface area contributed by atoms with Gasteiger partial charge in [-0.2, -0.15) is 5.26 Å². The third-order valence-corrected chi connectivity index (χ3v) is 4.36. The number of ether oxygens (including phenoxy) is 1. The predicted octanol–water partition coefficient (Wildman–Crippen LogP) is 2.60. The third kappa shape index (κ3) is 5.78. The second-order valence-corrected chi connectivity index (χ2v) is 7.81. The summed E-state index contributed by atoms with van der Waals surface area (Å²) >= 11 is 0. The number of hydrogen-bond donors (Lipinski definition) is 3. The van der Waals surface area contributed by atoms with Gasteiger partial charge < -0.3 is 20.5 Å². The molecular formula is C20H24N4O6. The first-order valence-electron chi connectivity index (χ1n) is 9.38. The lowest BCUT2D eigenvalue weighted by Gasteiger charge is -2.24. The average Bonchev–Trinajstić information content (AvgIpc) is 3.20. The molecule has 0 radical (unpaired) electrons. The maximum Gasteiger partial charge on any atom is 0.408 e. The summed E-state index contributed by atoms with van der Waals surface area (Å²) in [4.78, 5) is 35.5. The Morgan fingerprint density at radius 3 is 2.47 bits per heavy atom. The number of nitro groups is 1. The number of hydrogen-bond acceptors (Lipinski definition) is 8. The molecule has 3 N–H and O–H groups in total. The number of allylic oxidation sites excluding steroid dienone is 1. The number of aliphatic hydroxyl groups is 1. The van der Waals surface area contributed by atoms with E-state index in [0.717, 1.165) is 6.42 Å². The van der Waals surface area contributed by atoms with Crippen molar-refractivity contribution in [2.24, 2.45) is 0 Å². The minimum absolute atomic E-state index is 0.170. The maximum atomic E-state index is 13.0. The highest BCUT2D eigenvalue weighted by Gasteiger charge is 2.35. The van der Waals surface area contributed by atoms with Crippen LogP contribution in [0.4, 0.5) is 10.5 Å². The van der Waals surface area contributed by atoms with E-state index in [4.69, 9.17) is 4.74 Å². The number of nitrogens with zero attached hydrogens (tertiary/aromatic N) is 2. The van der Waals surface area contributed by atoms with E-state index < -0.39 is 40.2 Å². The number of aliphatic hydroxyl groups excluding tert-OH is 1. The van der Waals surface area contributed by atoms with Crippen LogP contribution in [0.15, 0.2) is 30.0 Å². The number of rotatable bonds is 6. The van der Waals surface area contributed by atoms with E-state index in [1.807, 2.05) is 6.07 Å². The number of amides is 1. The first-order chi connectivity index (χ1) is 14.0. The molecule has 0 spiro atoms. The van der Waals surface area contributed by atoms with Crippen LogP contribution in [0.5, 0.6) is 0 Å². The minimum Gasteiger partial charge on any atom is -0.508 e. The average molecular weight is 416 g/mol. The molecule has 1 aliphatic rings. The van der Waals surface area contributed by atoms with Crippen molar-refractivity contribution >= 4 is 23.1 Å². The molecule has 1 unspecified atom stereocenters. The number of carbonyl (C=O) groups is 2.